The fourth-order valence-electron chi connectivity index (χ4n) is 1.07. The Balaban J connectivity index is 2.68. The lowest BCUT2D eigenvalue weighted by Gasteiger charge is -2.17. The van der Waals surface area contributed by atoms with E-state index in [2.05, 4.69) is 4.40 Å². The minimum Gasteiger partial charge on any atom is -0.591 e. The van der Waals surface area contributed by atoms with Gasteiger partial charge in [0.2, 0.25) is 0 Å². The van der Waals surface area contributed by atoms with Crippen molar-refractivity contribution >= 4 is 17.6 Å². The lowest BCUT2D eigenvalue weighted by Crippen LogP contribution is -2.25. The number of halogens is 2. The zero-order valence-corrected chi connectivity index (χ0v) is 10.9. The zero-order chi connectivity index (χ0) is 13.1. The topological polar surface area (TPSA) is 35.4 Å². The molecule has 1 atom stereocenters. The molecule has 0 fully saturated rings. The van der Waals surface area contributed by atoms with E-state index >= 15 is 0 Å². The van der Waals surface area contributed by atoms with Crippen LogP contribution in [0.4, 0.5) is 8.78 Å². The lowest BCUT2D eigenvalue weighted by molar-refractivity contribution is 0.502. The number of hydrogen-bond acceptors (Lipinski definition) is 2. The molecule has 0 amide bonds. The molecule has 17 heavy (non-hydrogen) atoms. The standard InChI is InChI=1S/C12H15F2NOS/c1-12(2,3)17(16)15-8-7-9-5-4-6-10(13)11(9)14/h4-6,8H,7H2,1-3H3/b15-8-/t17-/m1/s1. The first-order chi connectivity index (χ1) is 7.82. The molecule has 1 aromatic rings. The third-order valence-corrected chi connectivity index (χ3v) is 3.43. The Labute approximate surface area is 103 Å². The van der Waals surface area contributed by atoms with Crippen molar-refractivity contribution in [2.45, 2.75) is 31.9 Å². The molecule has 0 N–H and O–H groups in total. The normalized spacial score (nSPS) is 14.2. The van der Waals surface area contributed by atoms with E-state index in [9.17, 15) is 13.3 Å². The minimum atomic E-state index is -1.37. The van der Waals surface area contributed by atoms with Gasteiger partial charge in [0.15, 0.2) is 11.6 Å². The summed E-state index contributed by atoms with van der Waals surface area (Å²) >= 11 is -1.37. The van der Waals surface area contributed by atoms with Crippen molar-refractivity contribution in [1.82, 2.24) is 0 Å². The minimum absolute atomic E-state index is 0.130. The van der Waals surface area contributed by atoms with E-state index in [1.165, 1.54) is 18.3 Å². The van der Waals surface area contributed by atoms with E-state index in [-0.39, 0.29) is 12.0 Å². The lowest BCUT2D eigenvalue weighted by atomic mass is 10.1. The number of rotatable bonds is 3. The van der Waals surface area contributed by atoms with Crippen LogP contribution in [0.5, 0.6) is 0 Å². The highest BCUT2D eigenvalue weighted by Gasteiger charge is 2.25. The summed E-state index contributed by atoms with van der Waals surface area (Å²) in [5.74, 6) is -1.76. The summed E-state index contributed by atoms with van der Waals surface area (Å²) in [5, 5.41) is 0. The molecule has 0 saturated carbocycles. The molecule has 0 heterocycles. The van der Waals surface area contributed by atoms with Crippen molar-refractivity contribution in [2.24, 2.45) is 4.40 Å². The van der Waals surface area contributed by atoms with Gasteiger partial charge < -0.3 is 4.55 Å². The van der Waals surface area contributed by atoms with Gasteiger partial charge in [-0.3, -0.25) is 0 Å². The van der Waals surface area contributed by atoms with Gasteiger partial charge >= 0.3 is 0 Å². The van der Waals surface area contributed by atoms with Crippen LogP contribution in [-0.2, 0) is 17.8 Å². The summed E-state index contributed by atoms with van der Waals surface area (Å²) in [4.78, 5) is 0. The first-order valence-corrected chi connectivity index (χ1v) is 6.30. The highest BCUT2D eigenvalue weighted by atomic mass is 32.2. The molecule has 1 rings (SSSR count). The van der Waals surface area contributed by atoms with Gasteiger partial charge in [0.1, 0.15) is 16.1 Å². The predicted molar refractivity (Wildman–Crippen MR) is 66.4 cm³/mol. The Hall–Kier alpha value is -0.940. The molecular weight excluding hydrogens is 244 g/mol. The Morgan fingerprint density at radius 1 is 1.35 bits per heavy atom. The van der Waals surface area contributed by atoms with Crippen LogP contribution < -0.4 is 0 Å². The molecule has 94 valence electrons. The summed E-state index contributed by atoms with van der Waals surface area (Å²) in [6.07, 6.45) is 1.49. The van der Waals surface area contributed by atoms with Gasteiger partial charge in [-0.25, -0.2) is 8.78 Å². The SMILES string of the molecule is CC(C)(C)[S@@+]([O-])/N=C\Cc1cccc(F)c1F. The second-order valence-electron chi connectivity index (χ2n) is 4.57. The van der Waals surface area contributed by atoms with Crippen LogP contribution in [0.15, 0.2) is 22.6 Å². The summed E-state index contributed by atoms with van der Waals surface area (Å²) in [6, 6.07) is 3.97. The monoisotopic (exact) mass is 259 g/mol. The van der Waals surface area contributed by atoms with E-state index in [0.29, 0.717) is 0 Å². The van der Waals surface area contributed by atoms with Gasteiger partial charge in [-0.2, -0.15) is 0 Å². The Morgan fingerprint density at radius 2 is 2.00 bits per heavy atom. The average Bonchev–Trinajstić information content (AvgIpc) is 2.22. The average molecular weight is 259 g/mol. The van der Waals surface area contributed by atoms with E-state index in [1.54, 1.807) is 20.8 Å². The third kappa shape index (κ3) is 4.09. The maximum absolute atomic E-state index is 13.2. The molecule has 0 saturated heterocycles. The van der Waals surface area contributed by atoms with E-state index in [1.807, 2.05) is 0 Å². The first-order valence-electron chi connectivity index (χ1n) is 5.20. The quantitative estimate of drug-likeness (QED) is 0.607. The first kappa shape index (κ1) is 14.1. The van der Waals surface area contributed by atoms with Crippen molar-refractivity contribution in [3.63, 3.8) is 0 Å². The van der Waals surface area contributed by atoms with Crippen LogP contribution in [0.3, 0.4) is 0 Å². The number of hydrogen-bond donors (Lipinski definition) is 0. The molecule has 5 heteroatoms. The highest BCUT2D eigenvalue weighted by molar-refractivity contribution is 7.91. The highest BCUT2D eigenvalue weighted by Crippen LogP contribution is 2.17. The van der Waals surface area contributed by atoms with E-state index in [4.69, 9.17) is 0 Å². The molecule has 2 nitrogen and oxygen atoms in total. The maximum Gasteiger partial charge on any atom is 0.162 e. The van der Waals surface area contributed by atoms with Crippen molar-refractivity contribution < 1.29 is 13.3 Å². The van der Waals surface area contributed by atoms with Gasteiger partial charge in [-0.15, -0.1) is 0 Å². The molecule has 0 unspecified atom stereocenters. The molecule has 0 aliphatic rings. The van der Waals surface area contributed by atoms with E-state index in [0.717, 1.165) is 6.07 Å². The number of benzene rings is 1. The second kappa shape index (κ2) is 5.60. The number of nitrogens with zero attached hydrogens (tertiary/aromatic N) is 1. The van der Waals surface area contributed by atoms with Gasteiger partial charge in [0, 0.05) is 6.42 Å². The molecule has 0 bridgehead atoms. The van der Waals surface area contributed by atoms with Crippen molar-refractivity contribution in [3.8, 4) is 0 Å². The molecule has 0 aliphatic heterocycles. The zero-order valence-electron chi connectivity index (χ0n) is 10.0. The fourth-order valence-corrected chi connectivity index (χ4v) is 1.59. The van der Waals surface area contributed by atoms with Crippen molar-refractivity contribution in [1.29, 1.82) is 0 Å². The van der Waals surface area contributed by atoms with Crippen LogP contribution in [0.25, 0.3) is 0 Å². The van der Waals surface area contributed by atoms with Crippen molar-refractivity contribution in [2.75, 3.05) is 0 Å². The smallest absolute Gasteiger partial charge is 0.162 e. The van der Waals surface area contributed by atoms with Gasteiger partial charge in [0.05, 0.1) is 6.21 Å². The predicted octanol–water partition coefficient (Wildman–Crippen LogP) is 3.04. The summed E-state index contributed by atoms with van der Waals surface area (Å²) in [6.45, 7) is 5.38. The summed E-state index contributed by atoms with van der Waals surface area (Å²) in [5.41, 5.74) is 0.208. The van der Waals surface area contributed by atoms with Crippen LogP contribution in [0.2, 0.25) is 0 Å². The summed E-state index contributed by atoms with van der Waals surface area (Å²) in [7, 11) is 0. The van der Waals surface area contributed by atoms with Crippen LogP contribution >= 0.6 is 0 Å². The Kier molecular flexibility index (Phi) is 4.65. The second-order valence-corrected chi connectivity index (χ2v) is 6.50. The molecule has 0 radical (unpaired) electrons. The van der Waals surface area contributed by atoms with Crippen LogP contribution in [0, 0.1) is 11.6 Å². The summed E-state index contributed by atoms with van der Waals surface area (Å²) < 4.78 is 41.0. The van der Waals surface area contributed by atoms with E-state index < -0.39 is 27.7 Å². The van der Waals surface area contributed by atoms with Gasteiger partial charge in [0.25, 0.3) is 0 Å². The van der Waals surface area contributed by atoms with Gasteiger partial charge in [-0.1, -0.05) is 16.5 Å². The molecule has 0 spiro atoms. The Bertz CT molecular complexity index is 415. The third-order valence-electron chi connectivity index (χ3n) is 2.04. The molecule has 0 aromatic heterocycles. The van der Waals surface area contributed by atoms with Gasteiger partial charge in [-0.05, 0) is 32.4 Å². The van der Waals surface area contributed by atoms with Crippen LogP contribution in [0.1, 0.15) is 26.3 Å². The maximum atomic E-state index is 13.2. The fraction of sp³-hybridized carbons (Fsp3) is 0.417. The van der Waals surface area contributed by atoms with Crippen LogP contribution in [-0.4, -0.2) is 15.5 Å². The largest absolute Gasteiger partial charge is 0.591 e. The molecule has 1 aromatic carbocycles. The Morgan fingerprint density at radius 3 is 2.59 bits per heavy atom. The molecule has 0 aliphatic carbocycles. The van der Waals surface area contributed by atoms with Crippen molar-refractivity contribution in [3.05, 3.63) is 35.4 Å². The molecular formula is C12H15F2NOS.